The van der Waals surface area contributed by atoms with Crippen LogP contribution >= 0.6 is 0 Å². The number of fused-ring (bicyclic) bond motifs is 1. The lowest BCUT2D eigenvalue weighted by Crippen LogP contribution is -2.26. The highest BCUT2D eigenvalue weighted by molar-refractivity contribution is 7.89. The van der Waals surface area contributed by atoms with Crippen LogP contribution in [0.3, 0.4) is 0 Å². The molecule has 106 valence electrons. The van der Waals surface area contributed by atoms with Gasteiger partial charge in [-0.3, -0.25) is 0 Å². The minimum atomic E-state index is -4.45. The predicted octanol–water partition coefficient (Wildman–Crippen LogP) is 1.86. The van der Waals surface area contributed by atoms with E-state index in [1.807, 2.05) is 0 Å². The third-order valence-corrected chi connectivity index (χ3v) is 3.81. The van der Waals surface area contributed by atoms with Crippen LogP contribution in [-0.2, 0) is 16.2 Å². The zero-order chi connectivity index (χ0) is 14.3. The summed E-state index contributed by atoms with van der Waals surface area (Å²) in [6.07, 6.45) is -4.04. The van der Waals surface area contributed by atoms with E-state index in [0.717, 1.165) is 12.1 Å². The van der Waals surface area contributed by atoms with Gasteiger partial charge in [-0.15, -0.1) is 0 Å². The molecule has 0 amide bonds. The van der Waals surface area contributed by atoms with E-state index in [1.54, 1.807) is 0 Å². The molecule has 8 heteroatoms. The number of hydrogen-bond acceptors (Lipinski definition) is 3. The van der Waals surface area contributed by atoms with Gasteiger partial charge in [0.2, 0.25) is 10.0 Å². The van der Waals surface area contributed by atoms with Gasteiger partial charge in [-0.25, -0.2) is 13.6 Å². The van der Waals surface area contributed by atoms with Crippen LogP contribution in [0, 0.1) is 0 Å². The first-order valence-electron chi connectivity index (χ1n) is 5.51. The van der Waals surface area contributed by atoms with E-state index in [-0.39, 0.29) is 18.1 Å². The molecule has 1 unspecified atom stereocenters. The summed E-state index contributed by atoms with van der Waals surface area (Å²) >= 11 is 0. The van der Waals surface area contributed by atoms with E-state index >= 15 is 0 Å². The van der Waals surface area contributed by atoms with Gasteiger partial charge in [0, 0.05) is 5.92 Å². The highest BCUT2D eigenvalue weighted by Gasteiger charge is 2.33. The number of rotatable bonds is 2. The predicted molar refractivity (Wildman–Crippen MR) is 62.3 cm³/mol. The average Bonchev–Trinajstić information content (AvgIpc) is 2.25. The van der Waals surface area contributed by atoms with Gasteiger partial charge in [-0.2, -0.15) is 13.2 Å². The number of primary sulfonamides is 1. The summed E-state index contributed by atoms with van der Waals surface area (Å²) in [5.74, 6) is -0.648. The normalized spacial score (nSPS) is 19.7. The van der Waals surface area contributed by atoms with E-state index in [0.29, 0.717) is 12.0 Å². The molecule has 0 fully saturated rings. The Kier molecular flexibility index (Phi) is 3.48. The molecule has 0 saturated carbocycles. The molecule has 19 heavy (non-hydrogen) atoms. The van der Waals surface area contributed by atoms with E-state index in [1.165, 1.54) is 6.07 Å². The summed E-state index contributed by atoms with van der Waals surface area (Å²) < 4.78 is 65.0. The zero-order valence-electron chi connectivity index (χ0n) is 9.77. The second-order valence-electron chi connectivity index (χ2n) is 4.41. The van der Waals surface area contributed by atoms with Gasteiger partial charge in [0.1, 0.15) is 5.75 Å². The monoisotopic (exact) mass is 295 g/mol. The van der Waals surface area contributed by atoms with Gasteiger partial charge < -0.3 is 4.74 Å². The van der Waals surface area contributed by atoms with Crippen LogP contribution < -0.4 is 9.88 Å². The summed E-state index contributed by atoms with van der Waals surface area (Å²) in [5, 5.41) is 4.97. The van der Waals surface area contributed by atoms with Crippen molar-refractivity contribution in [3.63, 3.8) is 0 Å². The Hall–Kier alpha value is -1.28. The molecule has 1 aliphatic heterocycles. The summed E-state index contributed by atoms with van der Waals surface area (Å²) in [6.45, 7) is 0.175. The molecule has 0 spiro atoms. The standard InChI is InChI=1S/C11H12F3NO3S/c12-11(13,14)8-1-2-9-7(6-19(15,16)17)3-4-18-10(9)5-8/h1-2,5,7H,3-4,6H2,(H2,15,16,17). The van der Waals surface area contributed by atoms with E-state index in [2.05, 4.69) is 0 Å². The molecule has 0 saturated heterocycles. The van der Waals surface area contributed by atoms with E-state index in [4.69, 9.17) is 9.88 Å². The molecule has 0 radical (unpaired) electrons. The fourth-order valence-corrected chi connectivity index (χ4v) is 3.00. The van der Waals surface area contributed by atoms with Crippen LogP contribution in [0.25, 0.3) is 0 Å². The third-order valence-electron chi connectivity index (χ3n) is 2.94. The van der Waals surface area contributed by atoms with Gasteiger partial charge >= 0.3 is 6.18 Å². The SMILES string of the molecule is NS(=O)(=O)CC1CCOc2cc(C(F)(F)F)ccc21. The first kappa shape index (κ1) is 14.1. The Morgan fingerprint density at radius 3 is 2.63 bits per heavy atom. The topological polar surface area (TPSA) is 69.4 Å². The molecule has 1 aliphatic rings. The maximum absolute atomic E-state index is 12.6. The molecule has 1 aromatic carbocycles. The number of halogens is 3. The van der Waals surface area contributed by atoms with Gasteiger partial charge in [0.15, 0.2) is 0 Å². The smallest absolute Gasteiger partial charge is 0.416 e. The second kappa shape index (κ2) is 4.68. The Morgan fingerprint density at radius 2 is 2.05 bits per heavy atom. The summed E-state index contributed by atoms with van der Waals surface area (Å²) in [7, 11) is -3.68. The molecule has 1 aromatic rings. The first-order valence-corrected chi connectivity index (χ1v) is 7.23. The van der Waals surface area contributed by atoms with E-state index < -0.39 is 27.7 Å². The molecule has 0 aromatic heterocycles. The molecule has 0 bridgehead atoms. The minimum Gasteiger partial charge on any atom is -0.493 e. The van der Waals surface area contributed by atoms with Crippen molar-refractivity contribution in [1.82, 2.24) is 0 Å². The molecule has 1 atom stereocenters. The lowest BCUT2D eigenvalue weighted by Gasteiger charge is -2.26. The van der Waals surface area contributed by atoms with Gasteiger partial charge in [-0.05, 0) is 24.1 Å². The Balaban J connectivity index is 2.36. The summed E-state index contributed by atoms with van der Waals surface area (Å²) in [6, 6.07) is 3.07. The number of benzene rings is 1. The van der Waals surface area contributed by atoms with Crippen LogP contribution in [0.4, 0.5) is 13.2 Å². The van der Waals surface area contributed by atoms with Gasteiger partial charge in [-0.1, -0.05) is 6.07 Å². The van der Waals surface area contributed by atoms with Gasteiger partial charge in [0.05, 0.1) is 17.9 Å². The largest absolute Gasteiger partial charge is 0.493 e. The maximum Gasteiger partial charge on any atom is 0.416 e. The van der Waals surface area contributed by atoms with Gasteiger partial charge in [0.25, 0.3) is 0 Å². The molecule has 4 nitrogen and oxygen atoms in total. The highest BCUT2D eigenvalue weighted by atomic mass is 32.2. The molecular weight excluding hydrogens is 283 g/mol. The minimum absolute atomic E-state index is 0.0784. The molecule has 2 rings (SSSR count). The van der Waals surface area contributed by atoms with Crippen molar-refractivity contribution in [2.24, 2.45) is 5.14 Å². The van der Waals surface area contributed by atoms with Crippen LogP contribution in [0.15, 0.2) is 18.2 Å². The van der Waals surface area contributed by atoms with Crippen molar-refractivity contribution in [3.05, 3.63) is 29.3 Å². The van der Waals surface area contributed by atoms with Crippen LogP contribution in [-0.4, -0.2) is 20.8 Å². The van der Waals surface area contributed by atoms with Crippen molar-refractivity contribution in [2.75, 3.05) is 12.4 Å². The van der Waals surface area contributed by atoms with Crippen molar-refractivity contribution in [2.45, 2.75) is 18.5 Å². The first-order chi connectivity index (χ1) is 8.67. The lowest BCUT2D eigenvalue weighted by molar-refractivity contribution is -0.137. The van der Waals surface area contributed by atoms with Crippen LogP contribution in [0.2, 0.25) is 0 Å². The van der Waals surface area contributed by atoms with Crippen molar-refractivity contribution in [3.8, 4) is 5.75 Å². The lowest BCUT2D eigenvalue weighted by atomic mass is 9.94. The van der Waals surface area contributed by atoms with E-state index in [9.17, 15) is 21.6 Å². The summed E-state index contributed by atoms with van der Waals surface area (Å²) in [5.41, 5.74) is -0.365. The maximum atomic E-state index is 12.6. The molecule has 2 N–H and O–H groups in total. The molecule has 0 aliphatic carbocycles. The Labute approximate surface area is 108 Å². The van der Waals surface area contributed by atoms with Crippen LogP contribution in [0.1, 0.15) is 23.5 Å². The number of ether oxygens (including phenoxy) is 1. The average molecular weight is 295 g/mol. The third kappa shape index (κ3) is 3.38. The fourth-order valence-electron chi connectivity index (χ4n) is 2.09. The van der Waals surface area contributed by atoms with Crippen molar-refractivity contribution in [1.29, 1.82) is 0 Å². The van der Waals surface area contributed by atoms with Crippen LogP contribution in [0.5, 0.6) is 5.75 Å². The number of alkyl halides is 3. The molecular formula is C11H12F3NO3S. The highest BCUT2D eigenvalue weighted by Crippen LogP contribution is 2.39. The Bertz CT molecular complexity index is 583. The quantitative estimate of drug-likeness (QED) is 0.905. The summed E-state index contributed by atoms with van der Waals surface area (Å²) in [4.78, 5) is 0. The van der Waals surface area contributed by atoms with Crippen molar-refractivity contribution >= 4 is 10.0 Å². The number of nitrogens with two attached hydrogens (primary N) is 1. The zero-order valence-corrected chi connectivity index (χ0v) is 10.6. The number of hydrogen-bond donors (Lipinski definition) is 1. The van der Waals surface area contributed by atoms with Crippen molar-refractivity contribution < 1.29 is 26.3 Å². The molecule has 1 heterocycles. The fraction of sp³-hybridized carbons (Fsp3) is 0.455. The second-order valence-corrected chi connectivity index (χ2v) is 6.07. The number of sulfonamides is 1. The Morgan fingerprint density at radius 1 is 1.37 bits per heavy atom.